The Labute approximate surface area is 110 Å². The third-order valence-electron chi connectivity index (χ3n) is 2.80. The molecule has 7 heteroatoms. The van der Waals surface area contributed by atoms with Gasteiger partial charge in [0.25, 0.3) is 0 Å². The Bertz CT molecular complexity index is 600. The van der Waals surface area contributed by atoms with Gasteiger partial charge in [-0.1, -0.05) is 0 Å². The van der Waals surface area contributed by atoms with E-state index < -0.39 is 4.92 Å². The van der Waals surface area contributed by atoms with Crippen LogP contribution in [0.3, 0.4) is 0 Å². The first-order valence-corrected chi connectivity index (χ1v) is 6.04. The summed E-state index contributed by atoms with van der Waals surface area (Å²) in [4.78, 5) is 10.7. The molecule has 7 nitrogen and oxygen atoms in total. The Morgan fingerprint density at radius 2 is 2.21 bits per heavy atom. The van der Waals surface area contributed by atoms with Gasteiger partial charge in [0.1, 0.15) is 17.2 Å². The summed E-state index contributed by atoms with van der Waals surface area (Å²) >= 11 is 0. The molecule has 0 atom stereocenters. The van der Waals surface area contributed by atoms with Gasteiger partial charge in [-0.05, 0) is 32.9 Å². The number of nitro groups is 1. The molecule has 0 amide bonds. The van der Waals surface area contributed by atoms with E-state index in [-0.39, 0.29) is 5.69 Å². The van der Waals surface area contributed by atoms with E-state index in [4.69, 9.17) is 4.42 Å². The van der Waals surface area contributed by atoms with Crippen LogP contribution in [0.25, 0.3) is 0 Å². The molecule has 2 aromatic rings. The summed E-state index contributed by atoms with van der Waals surface area (Å²) in [7, 11) is 0. The van der Waals surface area contributed by atoms with E-state index in [9.17, 15) is 10.1 Å². The number of aryl methyl sites for hydroxylation is 3. The van der Waals surface area contributed by atoms with Crippen molar-refractivity contribution in [3.8, 4) is 0 Å². The zero-order chi connectivity index (χ0) is 14.0. The van der Waals surface area contributed by atoms with Gasteiger partial charge in [-0.25, -0.2) is 4.68 Å². The largest absolute Gasteiger partial charge is 0.465 e. The van der Waals surface area contributed by atoms with Crippen LogP contribution in [0, 0.1) is 24.0 Å². The predicted molar refractivity (Wildman–Crippen MR) is 70.1 cm³/mol. The third-order valence-corrected chi connectivity index (χ3v) is 2.80. The molecule has 102 valence electrons. The Balaban J connectivity index is 2.25. The number of aromatic nitrogens is 2. The second-order valence-corrected chi connectivity index (χ2v) is 4.22. The molecular weight excluding hydrogens is 248 g/mol. The smallest absolute Gasteiger partial charge is 0.333 e. The van der Waals surface area contributed by atoms with Crippen molar-refractivity contribution in [1.29, 1.82) is 0 Å². The SMILES string of the molecule is CCn1nc(C)c([N+](=O)[O-])c1NCc1ccc(C)o1. The maximum atomic E-state index is 11.1. The number of rotatable bonds is 5. The maximum absolute atomic E-state index is 11.1. The number of hydrogen-bond donors (Lipinski definition) is 1. The first-order chi connectivity index (χ1) is 9.02. The van der Waals surface area contributed by atoms with E-state index >= 15 is 0 Å². The summed E-state index contributed by atoms with van der Waals surface area (Å²) in [6.07, 6.45) is 0. The van der Waals surface area contributed by atoms with Crippen molar-refractivity contribution in [2.24, 2.45) is 0 Å². The van der Waals surface area contributed by atoms with E-state index in [1.165, 1.54) is 0 Å². The number of hydrogen-bond acceptors (Lipinski definition) is 5. The summed E-state index contributed by atoms with van der Waals surface area (Å²) in [6.45, 7) is 6.32. The van der Waals surface area contributed by atoms with Gasteiger partial charge in [-0.3, -0.25) is 10.1 Å². The highest BCUT2D eigenvalue weighted by molar-refractivity contribution is 5.59. The van der Waals surface area contributed by atoms with E-state index in [2.05, 4.69) is 10.4 Å². The molecule has 0 saturated carbocycles. The quantitative estimate of drug-likeness (QED) is 0.662. The average molecular weight is 264 g/mol. The first kappa shape index (κ1) is 13.1. The van der Waals surface area contributed by atoms with Gasteiger partial charge in [-0.2, -0.15) is 5.10 Å². The summed E-state index contributed by atoms with van der Waals surface area (Å²) in [5.74, 6) is 1.96. The van der Waals surface area contributed by atoms with Gasteiger partial charge in [-0.15, -0.1) is 0 Å². The lowest BCUT2D eigenvalue weighted by Gasteiger charge is -2.05. The molecular formula is C12H16N4O3. The van der Waals surface area contributed by atoms with Gasteiger partial charge >= 0.3 is 5.69 Å². The van der Waals surface area contributed by atoms with Crippen LogP contribution in [-0.4, -0.2) is 14.7 Å². The van der Waals surface area contributed by atoms with Crippen LogP contribution in [0.1, 0.15) is 24.1 Å². The summed E-state index contributed by atoms with van der Waals surface area (Å²) in [5, 5.41) is 18.3. The van der Waals surface area contributed by atoms with Crippen molar-refractivity contribution in [3.05, 3.63) is 39.5 Å². The third kappa shape index (κ3) is 2.59. The molecule has 0 unspecified atom stereocenters. The fourth-order valence-corrected chi connectivity index (χ4v) is 1.95. The van der Waals surface area contributed by atoms with Crippen LogP contribution in [-0.2, 0) is 13.1 Å². The molecule has 2 aromatic heterocycles. The van der Waals surface area contributed by atoms with Gasteiger partial charge in [0.15, 0.2) is 0 Å². The Morgan fingerprint density at radius 3 is 2.74 bits per heavy atom. The average Bonchev–Trinajstić information content (AvgIpc) is 2.89. The lowest BCUT2D eigenvalue weighted by atomic mass is 10.3. The van der Waals surface area contributed by atoms with Gasteiger partial charge in [0.2, 0.25) is 5.82 Å². The molecule has 0 aliphatic carbocycles. The molecule has 0 aliphatic rings. The summed E-state index contributed by atoms with van der Waals surface area (Å²) < 4.78 is 7.01. The maximum Gasteiger partial charge on any atom is 0.333 e. The monoisotopic (exact) mass is 264 g/mol. The number of furan rings is 1. The molecule has 0 spiro atoms. The predicted octanol–water partition coefficient (Wildman–Crippen LogP) is 2.63. The van der Waals surface area contributed by atoms with E-state index in [0.717, 1.165) is 11.5 Å². The Hall–Kier alpha value is -2.31. The molecule has 1 N–H and O–H groups in total. The van der Waals surface area contributed by atoms with Crippen molar-refractivity contribution in [2.45, 2.75) is 33.9 Å². The molecule has 2 heterocycles. The van der Waals surface area contributed by atoms with E-state index in [1.54, 1.807) is 11.6 Å². The van der Waals surface area contributed by atoms with Crippen molar-refractivity contribution in [3.63, 3.8) is 0 Å². The highest BCUT2D eigenvalue weighted by atomic mass is 16.6. The fraction of sp³-hybridized carbons (Fsp3) is 0.417. The topological polar surface area (TPSA) is 86.1 Å². The van der Waals surface area contributed by atoms with Crippen molar-refractivity contribution in [1.82, 2.24) is 9.78 Å². The van der Waals surface area contributed by atoms with Crippen LogP contribution in [0.2, 0.25) is 0 Å². The van der Waals surface area contributed by atoms with E-state index in [0.29, 0.717) is 24.6 Å². The normalized spacial score (nSPS) is 10.7. The highest BCUT2D eigenvalue weighted by Crippen LogP contribution is 2.28. The van der Waals surface area contributed by atoms with Gasteiger partial charge in [0, 0.05) is 6.54 Å². The van der Waals surface area contributed by atoms with Crippen molar-refractivity contribution < 1.29 is 9.34 Å². The number of nitrogens with one attached hydrogen (secondary N) is 1. The second kappa shape index (κ2) is 5.13. The lowest BCUT2D eigenvalue weighted by Crippen LogP contribution is -2.07. The fourth-order valence-electron chi connectivity index (χ4n) is 1.95. The molecule has 0 fully saturated rings. The minimum atomic E-state index is -0.412. The highest BCUT2D eigenvalue weighted by Gasteiger charge is 2.24. The van der Waals surface area contributed by atoms with E-state index in [1.807, 2.05) is 26.0 Å². The van der Waals surface area contributed by atoms with Crippen LogP contribution in [0.5, 0.6) is 0 Å². The van der Waals surface area contributed by atoms with Crippen molar-refractivity contribution >= 4 is 11.5 Å². The minimum absolute atomic E-state index is 0.0186. The summed E-state index contributed by atoms with van der Waals surface area (Å²) in [6, 6.07) is 3.70. The molecule has 19 heavy (non-hydrogen) atoms. The summed E-state index contributed by atoms with van der Waals surface area (Å²) in [5.41, 5.74) is 0.426. The van der Waals surface area contributed by atoms with Crippen LogP contribution in [0.15, 0.2) is 16.5 Å². The second-order valence-electron chi connectivity index (χ2n) is 4.22. The minimum Gasteiger partial charge on any atom is -0.465 e. The Morgan fingerprint density at radius 1 is 1.47 bits per heavy atom. The molecule has 0 saturated heterocycles. The van der Waals surface area contributed by atoms with Gasteiger partial charge < -0.3 is 9.73 Å². The van der Waals surface area contributed by atoms with Crippen molar-refractivity contribution in [2.75, 3.05) is 5.32 Å². The first-order valence-electron chi connectivity index (χ1n) is 6.04. The molecule has 0 aromatic carbocycles. The van der Waals surface area contributed by atoms with Crippen LogP contribution in [0.4, 0.5) is 11.5 Å². The molecule has 0 bridgehead atoms. The van der Waals surface area contributed by atoms with Crippen LogP contribution < -0.4 is 5.32 Å². The standard InChI is InChI=1S/C12H16N4O3/c1-4-15-12(11(16(17)18)9(3)14-15)13-7-10-6-5-8(2)19-10/h5-6,13H,4,7H2,1-3H3. The molecule has 0 aliphatic heterocycles. The molecule has 2 rings (SSSR count). The van der Waals surface area contributed by atoms with Crippen LogP contribution >= 0.6 is 0 Å². The molecule has 0 radical (unpaired) electrons. The Kier molecular flexibility index (Phi) is 3.55. The number of anilines is 1. The zero-order valence-corrected chi connectivity index (χ0v) is 11.1. The van der Waals surface area contributed by atoms with Gasteiger partial charge in [0.05, 0.1) is 11.5 Å². The number of nitrogens with zero attached hydrogens (tertiary/aromatic N) is 3. The lowest BCUT2D eigenvalue weighted by molar-refractivity contribution is -0.384. The zero-order valence-electron chi connectivity index (χ0n) is 11.1.